The molecule has 0 spiro atoms. The van der Waals surface area contributed by atoms with E-state index in [9.17, 15) is 24.3 Å². The van der Waals surface area contributed by atoms with Crippen LogP contribution in [0.15, 0.2) is 58.5 Å². The molecule has 12 nitrogen and oxygen atoms in total. The normalized spacial score (nSPS) is 30.3. The summed E-state index contributed by atoms with van der Waals surface area (Å²) >= 11 is 0. The standard InChI is InChI=1S/C32H48N4O8.ClH/c1-18-14-22-27(34-12-13-36(5)6)24(37)17-23(29(22)39)35-31(40)19(2)10-9-11-25(42-7)30(44-32(33)41)21(4)16-20(3)28(38)26(15-18)43-8;/h9-11,16-18,20,25-26,28,30,34,38H,12-15H2,1-8H3,(H2,33,41)(H,35,40);1H/b11-9+,19-10+,21-16+;/t18-,20-,25-,26-,28+,30-;/m0./s1. The van der Waals surface area contributed by atoms with Gasteiger partial charge in [-0.3, -0.25) is 14.4 Å². The third-order valence-electron chi connectivity index (χ3n) is 7.65. The van der Waals surface area contributed by atoms with Gasteiger partial charge in [0.15, 0.2) is 6.10 Å². The van der Waals surface area contributed by atoms with Crippen LogP contribution in [0.4, 0.5) is 4.79 Å². The summed E-state index contributed by atoms with van der Waals surface area (Å²) in [6.45, 7) is 8.09. The molecule has 0 unspecified atom stereocenters. The fourth-order valence-corrected chi connectivity index (χ4v) is 5.18. The van der Waals surface area contributed by atoms with Crippen molar-refractivity contribution in [2.45, 2.75) is 65.0 Å². The van der Waals surface area contributed by atoms with E-state index >= 15 is 0 Å². The van der Waals surface area contributed by atoms with Gasteiger partial charge in [0.05, 0.1) is 23.6 Å². The van der Waals surface area contributed by atoms with Gasteiger partial charge in [0.2, 0.25) is 11.6 Å². The zero-order chi connectivity index (χ0) is 33.1. The monoisotopic (exact) mass is 652 g/mol. The van der Waals surface area contributed by atoms with Crippen molar-refractivity contribution in [3.8, 4) is 0 Å². The van der Waals surface area contributed by atoms with Gasteiger partial charge >= 0.3 is 6.09 Å². The van der Waals surface area contributed by atoms with Crippen molar-refractivity contribution in [1.82, 2.24) is 15.5 Å². The maximum absolute atomic E-state index is 13.7. The highest BCUT2D eigenvalue weighted by molar-refractivity contribution is 6.23. The van der Waals surface area contributed by atoms with Crippen molar-refractivity contribution in [3.63, 3.8) is 0 Å². The minimum Gasteiger partial charge on any atom is -0.439 e. The van der Waals surface area contributed by atoms with E-state index < -0.39 is 53.9 Å². The number of ether oxygens (including phenoxy) is 3. The van der Waals surface area contributed by atoms with Gasteiger partial charge in [-0.1, -0.05) is 38.2 Å². The Morgan fingerprint density at radius 2 is 1.82 bits per heavy atom. The lowest BCUT2D eigenvalue weighted by Crippen LogP contribution is -2.38. The van der Waals surface area contributed by atoms with Crippen LogP contribution in [-0.2, 0) is 28.6 Å². The van der Waals surface area contributed by atoms with E-state index in [-0.39, 0.29) is 47.3 Å². The van der Waals surface area contributed by atoms with Crippen molar-refractivity contribution in [1.29, 1.82) is 0 Å². The van der Waals surface area contributed by atoms with Crippen LogP contribution in [0.25, 0.3) is 0 Å². The third kappa shape index (κ3) is 11.5. The van der Waals surface area contributed by atoms with Crippen LogP contribution in [0.3, 0.4) is 0 Å². The van der Waals surface area contributed by atoms with Crippen molar-refractivity contribution in [3.05, 3.63) is 58.5 Å². The first-order valence-electron chi connectivity index (χ1n) is 14.7. The van der Waals surface area contributed by atoms with Crippen LogP contribution in [0.2, 0.25) is 0 Å². The fraction of sp³-hybridized carbons (Fsp3) is 0.562. The highest BCUT2D eigenvalue weighted by Crippen LogP contribution is 2.28. The van der Waals surface area contributed by atoms with Gasteiger partial charge in [-0.15, -0.1) is 12.4 Å². The Kier molecular flexibility index (Phi) is 16.4. The molecule has 2 rings (SSSR count). The van der Waals surface area contributed by atoms with E-state index in [2.05, 4.69) is 10.6 Å². The van der Waals surface area contributed by atoms with Crippen LogP contribution in [0.1, 0.15) is 40.5 Å². The number of fused-ring (bicyclic) bond motifs is 2. The summed E-state index contributed by atoms with van der Waals surface area (Å²) in [6.07, 6.45) is 3.88. The molecular formula is C32H49ClN4O8. The lowest BCUT2D eigenvalue weighted by molar-refractivity contribution is -0.120. The maximum Gasteiger partial charge on any atom is 0.405 e. The number of ketones is 2. The number of allylic oxidation sites excluding steroid dienone is 4. The maximum atomic E-state index is 13.7. The van der Waals surface area contributed by atoms with Gasteiger partial charge < -0.3 is 40.6 Å². The fourth-order valence-electron chi connectivity index (χ4n) is 5.18. The third-order valence-corrected chi connectivity index (χ3v) is 7.65. The van der Waals surface area contributed by atoms with E-state index in [1.165, 1.54) is 20.3 Å². The lowest BCUT2D eigenvalue weighted by atomic mass is 9.85. The van der Waals surface area contributed by atoms with E-state index in [1.54, 1.807) is 32.1 Å². The number of carbonyl (C=O) groups excluding carboxylic acids is 4. The zero-order valence-electron chi connectivity index (χ0n) is 27.4. The molecule has 2 amide bonds. The number of hydrogen-bond donors (Lipinski definition) is 4. The number of methoxy groups -OCH3 is 2. The number of hydrogen-bond acceptors (Lipinski definition) is 10. The molecule has 0 aromatic heterocycles. The smallest absolute Gasteiger partial charge is 0.405 e. The number of nitrogens with zero attached hydrogens (tertiary/aromatic N) is 1. The minimum absolute atomic E-state index is 0. The van der Waals surface area contributed by atoms with Crippen LogP contribution >= 0.6 is 12.4 Å². The van der Waals surface area contributed by atoms with E-state index in [1.807, 2.05) is 32.8 Å². The van der Waals surface area contributed by atoms with Crippen molar-refractivity contribution in [2.75, 3.05) is 41.4 Å². The molecule has 0 saturated heterocycles. The molecule has 0 aromatic rings. The molecule has 2 aliphatic rings. The number of halogens is 1. The highest BCUT2D eigenvalue weighted by atomic mass is 35.5. The van der Waals surface area contributed by atoms with Gasteiger partial charge in [-0.05, 0) is 52.3 Å². The van der Waals surface area contributed by atoms with Crippen molar-refractivity contribution >= 4 is 36.0 Å². The van der Waals surface area contributed by atoms with Crippen LogP contribution < -0.4 is 16.4 Å². The number of rotatable bonds is 7. The second kappa shape index (κ2) is 18.6. The van der Waals surface area contributed by atoms with E-state index in [4.69, 9.17) is 19.9 Å². The number of carbonyl (C=O) groups is 4. The quantitative estimate of drug-likeness (QED) is 0.237. The molecule has 0 radical (unpaired) electrons. The molecule has 13 heteroatoms. The first-order chi connectivity index (χ1) is 20.7. The molecule has 252 valence electrons. The molecular weight excluding hydrogens is 604 g/mol. The van der Waals surface area contributed by atoms with Gasteiger partial charge in [-0.25, -0.2) is 4.79 Å². The molecule has 6 atom stereocenters. The summed E-state index contributed by atoms with van der Waals surface area (Å²) in [5.41, 5.74) is 6.55. The van der Waals surface area contributed by atoms with Crippen LogP contribution in [0, 0.1) is 11.8 Å². The lowest BCUT2D eigenvalue weighted by Gasteiger charge is -2.30. The van der Waals surface area contributed by atoms with E-state index in [0.717, 1.165) is 6.08 Å². The number of primary amides is 1. The second-order valence-electron chi connectivity index (χ2n) is 11.7. The first-order valence-corrected chi connectivity index (χ1v) is 14.7. The summed E-state index contributed by atoms with van der Waals surface area (Å²) in [5, 5.41) is 17.0. The Balaban J connectivity index is 0.0000101. The Labute approximate surface area is 272 Å². The topological polar surface area (TPSA) is 170 Å². The van der Waals surface area contributed by atoms with E-state index in [0.29, 0.717) is 25.1 Å². The molecule has 1 heterocycles. The van der Waals surface area contributed by atoms with Crippen LogP contribution in [-0.4, -0.2) is 99.4 Å². The predicted molar refractivity (Wildman–Crippen MR) is 173 cm³/mol. The molecule has 45 heavy (non-hydrogen) atoms. The Morgan fingerprint density at radius 3 is 2.40 bits per heavy atom. The minimum atomic E-state index is -0.997. The average molecular weight is 653 g/mol. The van der Waals surface area contributed by atoms with Gasteiger partial charge in [-0.2, -0.15) is 0 Å². The predicted octanol–water partition coefficient (Wildman–Crippen LogP) is 2.34. The molecule has 0 saturated carbocycles. The number of Topliss-reactive ketones (excluding diaryl/α,β-unsaturated/α-hetero) is 1. The highest BCUT2D eigenvalue weighted by Gasteiger charge is 2.33. The summed E-state index contributed by atoms with van der Waals surface area (Å²) in [5.74, 6) is -2.06. The van der Waals surface area contributed by atoms with Gasteiger partial charge in [0.1, 0.15) is 6.10 Å². The Morgan fingerprint density at radius 1 is 1.16 bits per heavy atom. The summed E-state index contributed by atoms with van der Waals surface area (Å²) in [4.78, 5) is 53.7. The molecule has 1 aliphatic heterocycles. The van der Waals surface area contributed by atoms with Crippen LogP contribution in [0.5, 0.6) is 0 Å². The van der Waals surface area contributed by atoms with Gasteiger partial charge in [0, 0.05) is 50.4 Å². The molecule has 1 aliphatic carbocycles. The first kappa shape index (κ1) is 39.7. The largest absolute Gasteiger partial charge is 0.439 e. The second-order valence-corrected chi connectivity index (χ2v) is 11.7. The molecule has 2 bridgehead atoms. The number of amides is 2. The summed E-state index contributed by atoms with van der Waals surface area (Å²) < 4.78 is 16.6. The number of nitrogens with one attached hydrogen (secondary N) is 2. The Bertz CT molecular complexity index is 1240. The Hall–Kier alpha value is -3.29. The molecule has 5 N–H and O–H groups in total. The zero-order valence-corrected chi connectivity index (χ0v) is 28.2. The average Bonchev–Trinajstić information content (AvgIpc) is 2.95. The molecule has 0 aromatic carbocycles. The number of likely N-dealkylation sites (N-methyl/N-ethyl adjacent to an activating group) is 1. The summed E-state index contributed by atoms with van der Waals surface area (Å²) in [7, 11) is 6.74. The van der Waals surface area contributed by atoms with Crippen molar-refractivity contribution in [2.24, 2.45) is 17.6 Å². The summed E-state index contributed by atoms with van der Waals surface area (Å²) in [6, 6.07) is 0. The van der Waals surface area contributed by atoms with Crippen molar-refractivity contribution < 1.29 is 38.5 Å². The number of aliphatic hydroxyl groups excluding tert-OH is 1. The van der Waals surface area contributed by atoms with Gasteiger partial charge in [0.25, 0.3) is 5.91 Å². The number of nitrogens with two attached hydrogens (primary N) is 1. The SMILES string of the molecule is CO[C@H]1/C=C/C=C(\C)C(=O)NC2=CC(=O)C(NCCN(C)C)=C(C[C@H](C)C[C@H](OC)[C@H](O)[C@@H](C)/C=C(\C)[C@@H]1OC(N)=O)C2=O.Cl. The molecule has 0 fully saturated rings. The number of aliphatic hydroxyl groups is 1.